The third kappa shape index (κ3) is 3.80. The topological polar surface area (TPSA) is 113 Å². The maximum atomic E-state index is 15.1. The van der Waals surface area contributed by atoms with Gasteiger partial charge in [0, 0.05) is 30.2 Å². The number of ether oxygens (including phenoxy) is 1. The molecule has 1 saturated heterocycles. The van der Waals surface area contributed by atoms with E-state index in [-0.39, 0.29) is 31.2 Å². The second kappa shape index (κ2) is 8.43. The summed E-state index contributed by atoms with van der Waals surface area (Å²) >= 11 is 0. The molecule has 3 aliphatic rings. The lowest BCUT2D eigenvalue weighted by atomic mass is 9.99. The molecule has 3 atom stereocenters. The molecule has 9 nitrogen and oxygen atoms in total. The van der Waals surface area contributed by atoms with E-state index in [2.05, 4.69) is 15.5 Å². The van der Waals surface area contributed by atoms with E-state index >= 15 is 4.39 Å². The van der Waals surface area contributed by atoms with Crippen LogP contribution in [-0.2, 0) is 20.8 Å². The average molecular weight is 454 g/mol. The first kappa shape index (κ1) is 21.3. The molecule has 4 heterocycles. The molecule has 2 N–H and O–H groups in total. The van der Waals surface area contributed by atoms with Gasteiger partial charge in [-0.2, -0.15) is 0 Å². The van der Waals surface area contributed by atoms with E-state index in [1.54, 1.807) is 31.3 Å². The number of anilines is 1. The van der Waals surface area contributed by atoms with Crippen molar-refractivity contribution in [1.82, 2.24) is 10.3 Å². The number of cyclic esters (lactones) is 1. The molecule has 2 amide bonds. The second-order valence-electron chi connectivity index (χ2n) is 8.27. The van der Waals surface area contributed by atoms with Crippen LogP contribution in [0.15, 0.2) is 35.6 Å². The predicted octanol–water partition coefficient (Wildman–Crippen LogP) is 2.15. The van der Waals surface area contributed by atoms with Gasteiger partial charge in [-0.15, -0.1) is 0 Å². The molecule has 1 aromatic carbocycles. The van der Waals surface area contributed by atoms with E-state index in [4.69, 9.17) is 9.57 Å². The summed E-state index contributed by atoms with van der Waals surface area (Å²) in [6, 6.07) is 6.31. The fourth-order valence-corrected chi connectivity index (χ4v) is 4.43. The van der Waals surface area contributed by atoms with E-state index in [1.807, 2.05) is 0 Å². The van der Waals surface area contributed by atoms with E-state index in [0.29, 0.717) is 47.5 Å². The first-order chi connectivity index (χ1) is 16.0. The molecule has 33 heavy (non-hydrogen) atoms. The van der Waals surface area contributed by atoms with Crippen molar-refractivity contribution in [3.05, 3.63) is 47.5 Å². The first-order valence-corrected chi connectivity index (χ1v) is 10.9. The van der Waals surface area contributed by atoms with Crippen LogP contribution in [-0.4, -0.2) is 59.2 Å². The van der Waals surface area contributed by atoms with Gasteiger partial charge in [0.05, 0.1) is 30.6 Å². The average Bonchev–Trinajstić information content (AvgIpc) is 3.52. The lowest BCUT2D eigenvalue weighted by molar-refractivity contribution is -0.121. The molecule has 0 aliphatic carbocycles. The molecule has 3 aliphatic heterocycles. The van der Waals surface area contributed by atoms with Crippen LogP contribution in [0.25, 0.3) is 11.1 Å². The molecule has 0 saturated carbocycles. The number of carbonyl (C=O) groups is 2. The van der Waals surface area contributed by atoms with Crippen LogP contribution in [0, 0.1) is 5.82 Å². The van der Waals surface area contributed by atoms with Crippen molar-refractivity contribution in [2.45, 2.75) is 44.4 Å². The number of pyridine rings is 1. The minimum absolute atomic E-state index is 0.119. The number of aliphatic hydroxyl groups is 1. The Labute approximate surface area is 189 Å². The smallest absolute Gasteiger partial charge is 0.415 e. The second-order valence-corrected chi connectivity index (χ2v) is 8.27. The Kier molecular flexibility index (Phi) is 5.45. The summed E-state index contributed by atoms with van der Waals surface area (Å²) in [6.07, 6.45) is 1.49. The van der Waals surface area contributed by atoms with Gasteiger partial charge in [0.25, 0.3) is 0 Å². The molecule has 1 fully saturated rings. The molecule has 0 spiro atoms. The number of fused-ring (bicyclic) bond motifs is 3. The highest BCUT2D eigenvalue weighted by Gasteiger charge is 2.47. The minimum atomic E-state index is -0.534. The zero-order valence-electron chi connectivity index (χ0n) is 18.0. The summed E-state index contributed by atoms with van der Waals surface area (Å²) in [4.78, 5) is 35.0. The van der Waals surface area contributed by atoms with Crippen molar-refractivity contribution in [2.75, 3.05) is 18.1 Å². The van der Waals surface area contributed by atoms with Gasteiger partial charge in [0.1, 0.15) is 17.6 Å². The number of aromatic nitrogens is 1. The maximum absolute atomic E-state index is 15.1. The highest BCUT2D eigenvalue weighted by atomic mass is 19.1. The molecule has 10 heteroatoms. The summed E-state index contributed by atoms with van der Waals surface area (Å²) in [6.45, 7) is 1.85. The van der Waals surface area contributed by atoms with Crippen LogP contribution in [0.2, 0.25) is 0 Å². The Balaban J connectivity index is 1.37. The number of rotatable bonds is 6. The molecular formula is C23H23FN4O5. The van der Waals surface area contributed by atoms with Crippen LogP contribution in [0.3, 0.4) is 0 Å². The predicted molar refractivity (Wildman–Crippen MR) is 116 cm³/mol. The van der Waals surface area contributed by atoms with Crippen molar-refractivity contribution in [3.8, 4) is 11.1 Å². The van der Waals surface area contributed by atoms with Gasteiger partial charge in [-0.05, 0) is 30.2 Å². The Morgan fingerprint density at radius 3 is 2.88 bits per heavy atom. The normalized spacial score (nSPS) is 23.0. The Hall–Kier alpha value is -3.53. The maximum Gasteiger partial charge on any atom is 0.415 e. The van der Waals surface area contributed by atoms with E-state index in [0.717, 1.165) is 5.56 Å². The number of aliphatic hydroxyl groups excluding tert-OH is 1. The van der Waals surface area contributed by atoms with Gasteiger partial charge in [-0.3, -0.25) is 14.7 Å². The number of carbonyl (C=O) groups excluding carboxylic acids is 2. The van der Waals surface area contributed by atoms with E-state index in [9.17, 15) is 14.7 Å². The first-order valence-electron chi connectivity index (χ1n) is 10.9. The molecule has 0 radical (unpaired) electrons. The van der Waals surface area contributed by atoms with Crippen LogP contribution >= 0.6 is 0 Å². The quantitative estimate of drug-likeness (QED) is 0.692. The fraction of sp³-hybridized carbons (Fsp3) is 0.391. The molecule has 0 bridgehead atoms. The number of amides is 2. The molecule has 1 aromatic heterocycles. The van der Waals surface area contributed by atoms with Gasteiger partial charge < -0.3 is 20.0 Å². The van der Waals surface area contributed by atoms with Crippen LogP contribution in [0.4, 0.5) is 14.9 Å². The summed E-state index contributed by atoms with van der Waals surface area (Å²) in [7, 11) is 0. The van der Waals surface area contributed by atoms with Crippen molar-refractivity contribution in [1.29, 1.82) is 0 Å². The van der Waals surface area contributed by atoms with Crippen LogP contribution in [0.1, 0.15) is 31.0 Å². The van der Waals surface area contributed by atoms with Gasteiger partial charge >= 0.3 is 6.09 Å². The third-order valence-corrected chi connectivity index (χ3v) is 6.19. The summed E-state index contributed by atoms with van der Waals surface area (Å²) in [5.74, 6) is -0.590. The van der Waals surface area contributed by atoms with Crippen LogP contribution < -0.4 is 10.2 Å². The van der Waals surface area contributed by atoms with Crippen molar-refractivity contribution < 1.29 is 28.7 Å². The Bertz CT molecular complexity index is 1140. The molecule has 2 aromatic rings. The molecule has 172 valence electrons. The fourth-order valence-electron chi connectivity index (χ4n) is 4.43. The standard InChI is InChI=1S/C23H23FN4O5/c1-2-22(30)26-10-21-20-6-13-5-15(16(24)8-19(13)28(20)23(31)32-21)12-3-4-17(25-9-12)18-7-14(11-29)33-27-18/h3-5,8-9,14,20-21,29H,2,6-7,10-11H2,1H3,(H,26,30)/t14-,20-,21-/m0/s1. The van der Waals surface area contributed by atoms with Gasteiger partial charge in [0.15, 0.2) is 6.10 Å². The minimum Gasteiger partial charge on any atom is -0.442 e. The monoisotopic (exact) mass is 454 g/mol. The number of hydrogen-bond acceptors (Lipinski definition) is 7. The van der Waals surface area contributed by atoms with E-state index in [1.165, 1.54) is 11.0 Å². The lowest BCUT2D eigenvalue weighted by Gasteiger charge is -2.17. The van der Waals surface area contributed by atoms with E-state index < -0.39 is 18.0 Å². The SMILES string of the molecule is CCC(=O)NC[C@@H]1OC(=O)N2c3cc(F)c(-c4ccc(C5=NO[C@H](CO)C5)nc4)cc3C[C@@H]12. The highest BCUT2D eigenvalue weighted by molar-refractivity contribution is 6.00. The largest absolute Gasteiger partial charge is 0.442 e. The number of oxime groups is 1. The number of nitrogens with one attached hydrogen (secondary N) is 1. The van der Waals surface area contributed by atoms with Crippen molar-refractivity contribution >= 4 is 23.4 Å². The van der Waals surface area contributed by atoms with Crippen molar-refractivity contribution in [3.63, 3.8) is 0 Å². The van der Waals surface area contributed by atoms with Gasteiger partial charge in [0.2, 0.25) is 5.91 Å². The van der Waals surface area contributed by atoms with Gasteiger partial charge in [-0.1, -0.05) is 18.1 Å². The number of hydrogen-bond donors (Lipinski definition) is 2. The molecule has 5 rings (SSSR count). The zero-order chi connectivity index (χ0) is 23.1. The van der Waals surface area contributed by atoms with Crippen LogP contribution in [0.5, 0.6) is 0 Å². The van der Waals surface area contributed by atoms with Gasteiger partial charge in [-0.25, -0.2) is 9.18 Å². The number of nitrogens with zero attached hydrogens (tertiary/aromatic N) is 3. The molecular weight excluding hydrogens is 431 g/mol. The molecule has 0 unspecified atom stereocenters. The lowest BCUT2D eigenvalue weighted by Crippen LogP contribution is -2.40. The summed E-state index contributed by atoms with van der Waals surface area (Å²) in [5, 5.41) is 15.9. The van der Waals surface area contributed by atoms with Crippen molar-refractivity contribution in [2.24, 2.45) is 5.16 Å². The number of benzene rings is 1. The third-order valence-electron chi connectivity index (χ3n) is 6.19. The zero-order valence-corrected chi connectivity index (χ0v) is 18.0. The summed E-state index contributed by atoms with van der Waals surface area (Å²) < 4.78 is 20.5. The Morgan fingerprint density at radius 2 is 2.18 bits per heavy atom. The Morgan fingerprint density at radius 1 is 1.33 bits per heavy atom. The number of halogens is 1. The summed E-state index contributed by atoms with van der Waals surface area (Å²) in [5.41, 5.74) is 3.55. The highest BCUT2D eigenvalue weighted by Crippen LogP contribution is 2.41.